The second kappa shape index (κ2) is 5.83. The van der Waals surface area contributed by atoms with Crippen LogP contribution in [0.4, 0.5) is 4.39 Å². The minimum absolute atomic E-state index is 0.226. The normalized spacial score (nSPS) is 17.1. The molecule has 0 radical (unpaired) electrons. The lowest BCUT2D eigenvalue weighted by atomic mass is 10.0. The smallest absolute Gasteiger partial charge is 0.145 e. The quantitative estimate of drug-likeness (QED) is 0.815. The maximum atomic E-state index is 13.8. The summed E-state index contributed by atoms with van der Waals surface area (Å²) in [6.45, 7) is 3.02. The molecule has 1 unspecified atom stereocenters. The summed E-state index contributed by atoms with van der Waals surface area (Å²) in [5.41, 5.74) is 0.726. The van der Waals surface area contributed by atoms with Crippen molar-refractivity contribution < 1.29 is 4.39 Å². The molecule has 1 aromatic carbocycles. The van der Waals surface area contributed by atoms with Gasteiger partial charge in [0.1, 0.15) is 5.82 Å². The van der Waals surface area contributed by atoms with Crippen LogP contribution in [0.25, 0.3) is 0 Å². The largest absolute Gasteiger partial charge is 0.314 e. The Morgan fingerprint density at radius 3 is 2.88 bits per heavy atom. The maximum Gasteiger partial charge on any atom is 0.145 e. The van der Waals surface area contributed by atoms with E-state index in [1.54, 1.807) is 6.07 Å². The molecule has 0 heterocycles. The number of likely N-dealkylation sites (N-methyl/N-ethyl adjacent to an activating group) is 1. The zero-order chi connectivity index (χ0) is 12.3. The lowest BCUT2D eigenvalue weighted by Crippen LogP contribution is -2.31. The van der Waals surface area contributed by atoms with E-state index in [1.807, 2.05) is 12.1 Å². The molecule has 0 bridgehead atoms. The predicted octanol–water partition coefficient (Wildman–Crippen LogP) is 3.80. The topological polar surface area (TPSA) is 12.0 Å². The van der Waals surface area contributed by atoms with Crippen molar-refractivity contribution in [3.63, 3.8) is 0 Å². The van der Waals surface area contributed by atoms with E-state index in [9.17, 15) is 4.39 Å². The standard InChI is InChI=1S/C14H19ClFN/c1-2-17-12(8-10-6-7-10)9-11-4-3-5-13(15)14(11)16/h3-5,10,12,17H,2,6-9H2,1H3. The molecule has 0 aliphatic heterocycles. The molecule has 2 rings (SSSR count). The molecule has 1 nitrogen and oxygen atoms in total. The molecule has 1 aromatic rings. The Morgan fingerprint density at radius 1 is 1.47 bits per heavy atom. The molecule has 1 aliphatic carbocycles. The number of hydrogen-bond donors (Lipinski definition) is 1. The first-order chi connectivity index (χ1) is 8.20. The van der Waals surface area contributed by atoms with E-state index in [4.69, 9.17) is 11.6 Å². The number of halogens is 2. The van der Waals surface area contributed by atoms with Gasteiger partial charge in [0.2, 0.25) is 0 Å². The van der Waals surface area contributed by atoms with Crippen molar-refractivity contribution in [2.24, 2.45) is 5.92 Å². The van der Waals surface area contributed by atoms with Crippen molar-refractivity contribution in [1.82, 2.24) is 5.32 Å². The van der Waals surface area contributed by atoms with Gasteiger partial charge in [0.25, 0.3) is 0 Å². The molecular formula is C14H19ClFN. The van der Waals surface area contributed by atoms with Crippen molar-refractivity contribution in [1.29, 1.82) is 0 Å². The maximum absolute atomic E-state index is 13.8. The molecule has 1 fully saturated rings. The van der Waals surface area contributed by atoms with Crippen LogP contribution in [0.3, 0.4) is 0 Å². The Kier molecular flexibility index (Phi) is 4.41. The monoisotopic (exact) mass is 255 g/mol. The van der Waals surface area contributed by atoms with Crippen LogP contribution in [0.2, 0.25) is 5.02 Å². The minimum atomic E-state index is -0.257. The number of benzene rings is 1. The van der Waals surface area contributed by atoms with Crippen LogP contribution in [0.15, 0.2) is 18.2 Å². The van der Waals surface area contributed by atoms with Gasteiger partial charge in [-0.1, -0.05) is 43.5 Å². The lowest BCUT2D eigenvalue weighted by molar-refractivity contribution is 0.457. The Labute approximate surface area is 107 Å². The Bertz CT molecular complexity index is 376. The van der Waals surface area contributed by atoms with Crippen molar-refractivity contribution in [3.05, 3.63) is 34.6 Å². The van der Waals surface area contributed by atoms with E-state index in [2.05, 4.69) is 12.2 Å². The van der Waals surface area contributed by atoms with Gasteiger partial charge in [0, 0.05) is 6.04 Å². The molecule has 0 saturated heterocycles. The summed E-state index contributed by atoms with van der Waals surface area (Å²) in [6.07, 6.45) is 4.55. The van der Waals surface area contributed by atoms with Crippen LogP contribution in [0.1, 0.15) is 31.7 Å². The van der Waals surface area contributed by atoms with Gasteiger partial charge in [-0.25, -0.2) is 4.39 Å². The molecule has 3 heteroatoms. The van der Waals surface area contributed by atoms with Crippen LogP contribution in [-0.2, 0) is 6.42 Å². The van der Waals surface area contributed by atoms with E-state index in [1.165, 1.54) is 12.8 Å². The SMILES string of the molecule is CCNC(Cc1cccc(Cl)c1F)CC1CC1. The van der Waals surface area contributed by atoms with Gasteiger partial charge in [-0.2, -0.15) is 0 Å². The fourth-order valence-corrected chi connectivity index (χ4v) is 2.45. The fraction of sp³-hybridized carbons (Fsp3) is 0.571. The average Bonchev–Trinajstić information content (AvgIpc) is 3.09. The van der Waals surface area contributed by atoms with E-state index in [-0.39, 0.29) is 10.8 Å². The summed E-state index contributed by atoms with van der Waals surface area (Å²) in [7, 11) is 0. The van der Waals surface area contributed by atoms with Crippen LogP contribution < -0.4 is 5.32 Å². The molecule has 17 heavy (non-hydrogen) atoms. The average molecular weight is 256 g/mol. The highest BCUT2D eigenvalue weighted by atomic mass is 35.5. The minimum Gasteiger partial charge on any atom is -0.314 e. The van der Waals surface area contributed by atoms with Crippen LogP contribution >= 0.6 is 11.6 Å². The first-order valence-corrected chi connectivity index (χ1v) is 6.74. The molecule has 1 N–H and O–H groups in total. The second-order valence-corrected chi connectivity index (χ2v) is 5.26. The zero-order valence-corrected chi connectivity index (χ0v) is 10.9. The first kappa shape index (κ1) is 12.8. The third-order valence-electron chi connectivity index (χ3n) is 3.31. The van der Waals surface area contributed by atoms with Gasteiger partial charge in [-0.3, -0.25) is 0 Å². The van der Waals surface area contributed by atoms with E-state index in [0.717, 1.165) is 30.9 Å². The first-order valence-electron chi connectivity index (χ1n) is 6.37. The van der Waals surface area contributed by atoms with Crippen molar-refractivity contribution in [2.75, 3.05) is 6.54 Å². The highest BCUT2D eigenvalue weighted by molar-refractivity contribution is 6.30. The van der Waals surface area contributed by atoms with Gasteiger partial charge in [0.05, 0.1) is 5.02 Å². The lowest BCUT2D eigenvalue weighted by Gasteiger charge is -2.18. The number of hydrogen-bond acceptors (Lipinski definition) is 1. The molecule has 0 aromatic heterocycles. The predicted molar refractivity (Wildman–Crippen MR) is 69.9 cm³/mol. The van der Waals surface area contributed by atoms with Crippen molar-refractivity contribution in [3.8, 4) is 0 Å². The summed E-state index contributed by atoms with van der Waals surface area (Å²) in [4.78, 5) is 0. The van der Waals surface area contributed by atoms with Crippen LogP contribution in [-0.4, -0.2) is 12.6 Å². The van der Waals surface area contributed by atoms with E-state index < -0.39 is 0 Å². The highest BCUT2D eigenvalue weighted by Crippen LogP contribution is 2.34. The van der Waals surface area contributed by atoms with E-state index >= 15 is 0 Å². The fourth-order valence-electron chi connectivity index (χ4n) is 2.25. The Morgan fingerprint density at radius 2 is 2.24 bits per heavy atom. The molecule has 0 spiro atoms. The molecule has 1 aliphatic rings. The number of rotatable bonds is 6. The molecule has 0 amide bonds. The summed E-state index contributed by atoms with van der Waals surface area (Å²) >= 11 is 5.80. The van der Waals surface area contributed by atoms with Gasteiger partial charge in [-0.15, -0.1) is 0 Å². The summed E-state index contributed by atoms with van der Waals surface area (Å²) in [5.74, 6) is 0.592. The third-order valence-corrected chi connectivity index (χ3v) is 3.60. The second-order valence-electron chi connectivity index (χ2n) is 4.85. The highest BCUT2D eigenvalue weighted by Gasteiger charge is 2.25. The Hall–Kier alpha value is -0.600. The van der Waals surface area contributed by atoms with Crippen LogP contribution in [0, 0.1) is 11.7 Å². The summed E-state index contributed by atoms with van der Waals surface area (Å²) < 4.78 is 13.8. The van der Waals surface area contributed by atoms with Gasteiger partial charge in [-0.05, 0) is 36.9 Å². The third kappa shape index (κ3) is 3.68. The summed E-state index contributed by atoms with van der Waals surface area (Å²) in [6, 6.07) is 5.63. The Balaban J connectivity index is 2.02. The van der Waals surface area contributed by atoms with Crippen LogP contribution in [0.5, 0.6) is 0 Å². The molecule has 94 valence electrons. The van der Waals surface area contributed by atoms with Crippen molar-refractivity contribution >= 4 is 11.6 Å². The molecular weight excluding hydrogens is 237 g/mol. The molecule has 1 atom stereocenters. The van der Waals surface area contributed by atoms with Crippen molar-refractivity contribution in [2.45, 2.75) is 38.6 Å². The van der Waals surface area contributed by atoms with Gasteiger partial charge in [0.15, 0.2) is 0 Å². The van der Waals surface area contributed by atoms with E-state index in [0.29, 0.717) is 6.04 Å². The zero-order valence-electron chi connectivity index (χ0n) is 10.2. The van der Waals surface area contributed by atoms with Gasteiger partial charge >= 0.3 is 0 Å². The molecule has 1 saturated carbocycles. The number of nitrogens with one attached hydrogen (secondary N) is 1. The summed E-state index contributed by atoms with van der Waals surface area (Å²) in [5, 5.41) is 3.67. The van der Waals surface area contributed by atoms with Gasteiger partial charge < -0.3 is 5.32 Å².